The molecular formula is C33H44BrNO3. The maximum atomic E-state index is 13.1. The van der Waals surface area contributed by atoms with E-state index < -0.39 is 17.7 Å². The number of unbranched alkanes of at least 4 members (excludes halogenated alkanes) is 13. The third kappa shape index (κ3) is 8.83. The van der Waals surface area contributed by atoms with Crippen LogP contribution in [-0.4, -0.2) is 28.2 Å². The van der Waals surface area contributed by atoms with Crippen LogP contribution >= 0.6 is 15.9 Å². The van der Waals surface area contributed by atoms with Crippen molar-refractivity contribution >= 4 is 33.4 Å². The Morgan fingerprint density at radius 1 is 0.763 bits per heavy atom. The Morgan fingerprint density at radius 2 is 1.32 bits per heavy atom. The van der Waals surface area contributed by atoms with Gasteiger partial charge in [-0.05, 0) is 24.1 Å². The molecule has 0 unspecified atom stereocenters. The highest BCUT2D eigenvalue weighted by atomic mass is 79.9. The largest absolute Gasteiger partial charge is 0.507 e. The van der Waals surface area contributed by atoms with E-state index in [1.165, 1.54) is 70.6 Å². The number of nitrogens with zero attached hydrogens (tertiary/aromatic N) is 1. The van der Waals surface area contributed by atoms with Gasteiger partial charge in [0.15, 0.2) is 0 Å². The molecular weight excluding hydrogens is 538 g/mol. The molecule has 1 N–H and O–H groups in total. The Hall–Kier alpha value is -2.40. The molecule has 1 aliphatic heterocycles. The summed E-state index contributed by atoms with van der Waals surface area (Å²) >= 11 is 3.43. The van der Waals surface area contributed by atoms with Crippen molar-refractivity contribution in [1.29, 1.82) is 0 Å². The molecule has 0 bridgehead atoms. The fourth-order valence-corrected chi connectivity index (χ4v) is 5.76. The second kappa shape index (κ2) is 16.5. The van der Waals surface area contributed by atoms with E-state index in [0.717, 1.165) is 29.3 Å². The summed E-state index contributed by atoms with van der Waals surface area (Å²) in [6, 6.07) is 16.2. The van der Waals surface area contributed by atoms with E-state index in [2.05, 4.69) is 22.9 Å². The molecule has 1 amide bonds. The van der Waals surface area contributed by atoms with E-state index in [1.807, 2.05) is 36.4 Å². The van der Waals surface area contributed by atoms with Gasteiger partial charge >= 0.3 is 0 Å². The second-order valence-electron chi connectivity index (χ2n) is 10.5. The van der Waals surface area contributed by atoms with Crippen molar-refractivity contribution in [3.8, 4) is 0 Å². The Bertz CT molecular complexity index is 1050. The minimum Gasteiger partial charge on any atom is -0.507 e. The standard InChI is InChI=1S/C33H44BrNO3/c1-2-3-4-5-6-7-8-9-10-11-12-13-14-18-24-35-30(26-20-16-15-17-21-26)29(32(37)33(35)38)31(36)27-22-19-23-28(34)25-27/h15-17,19-23,25,30,36H,2-14,18,24H2,1H3/t30-/m0/s1. The van der Waals surface area contributed by atoms with E-state index >= 15 is 0 Å². The number of hydrogen-bond donors (Lipinski definition) is 1. The Kier molecular flexibility index (Phi) is 13.1. The quantitative estimate of drug-likeness (QED) is 0.0875. The number of benzene rings is 2. The van der Waals surface area contributed by atoms with Crippen LogP contribution in [0.2, 0.25) is 0 Å². The predicted octanol–water partition coefficient (Wildman–Crippen LogP) is 9.35. The molecule has 38 heavy (non-hydrogen) atoms. The van der Waals surface area contributed by atoms with Crippen LogP contribution in [0.3, 0.4) is 0 Å². The van der Waals surface area contributed by atoms with E-state index in [1.54, 1.807) is 23.1 Å². The van der Waals surface area contributed by atoms with Crippen molar-refractivity contribution in [3.63, 3.8) is 0 Å². The molecule has 5 heteroatoms. The monoisotopic (exact) mass is 581 g/mol. The number of carbonyl (C=O) groups is 2. The molecule has 4 nitrogen and oxygen atoms in total. The third-order valence-electron chi connectivity index (χ3n) is 7.51. The molecule has 1 fully saturated rings. The molecule has 1 heterocycles. The lowest BCUT2D eigenvalue weighted by Crippen LogP contribution is -2.30. The van der Waals surface area contributed by atoms with Crippen LogP contribution < -0.4 is 0 Å². The van der Waals surface area contributed by atoms with Gasteiger partial charge in [-0.1, -0.05) is 149 Å². The molecule has 206 valence electrons. The molecule has 0 spiro atoms. The fraction of sp³-hybridized carbons (Fsp3) is 0.515. The summed E-state index contributed by atoms with van der Waals surface area (Å²) in [5.74, 6) is -1.26. The molecule has 2 aromatic carbocycles. The average molecular weight is 583 g/mol. The summed E-state index contributed by atoms with van der Waals surface area (Å²) in [5, 5.41) is 11.1. The first-order valence-electron chi connectivity index (χ1n) is 14.6. The fourth-order valence-electron chi connectivity index (χ4n) is 5.36. The lowest BCUT2D eigenvalue weighted by Gasteiger charge is -2.25. The number of aliphatic hydroxyl groups is 1. The van der Waals surface area contributed by atoms with Gasteiger partial charge in [0.05, 0.1) is 11.6 Å². The van der Waals surface area contributed by atoms with Crippen molar-refractivity contribution in [2.24, 2.45) is 0 Å². The Balaban J connectivity index is 1.50. The zero-order valence-electron chi connectivity index (χ0n) is 23.0. The van der Waals surface area contributed by atoms with Gasteiger partial charge in [-0.25, -0.2) is 0 Å². The average Bonchev–Trinajstić information content (AvgIpc) is 3.18. The van der Waals surface area contributed by atoms with Gasteiger partial charge in [-0.15, -0.1) is 0 Å². The van der Waals surface area contributed by atoms with E-state index in [9.17, 15) is 14.7 Å². The van der Waals surface area contributed by atoms with E-state index in [0.29, 0.717) is 12.1 Å². The van der Waals surface area contributed by atoms with Crippen LogP contribution in [0.15, 0.2) is 64.6 Å². The van der Waals surface area contributed by atoms with Gasteiger partial charge in [0.1, 0.15) is 5.76 Å². The van der Waals surface area contributed by atoms with Gasteiger partial charge in [0.2, 0.25) is 0 Å². The number of rotatable bonds is 17. The number of aliphatic hydroxyl groups excluding tert-OH is 1. The smallest absolute Gasteiger partial charge is 0.295 e. The number of likely N-dealkylation sites (tertiary alicyclic amines) is 1. The second-order valence-corrected chi connectivity index (χ2v) is 11.4. The highest BCUT2D eigenvalue weighted by Crippen LogP contribution is 2.39. The Labute approximate surface area is 237 Å². The van der Waals surface area contributed by atoms with Crippen molar-refractivity contribution < 1.29 is 14.7 Å². The highest BCUT2D eigenvalue weighted by Gasteiger charge is 2.45. The van der Waals surface area contributed by atoms with Crippen molar-refractivity contribution in [3.05, 3.63) is 75.8 Å². The maximum absolute atomic E-state index is 13.1. The van der Waals surface area contributed by atoms with E-state index in [4.69, 9.17) is 0 Å². The molecule has 0 saturated carbocycles. The van der Waals surface area contributed by atoms with Gasteiger partial charge in [-0.3, -0.25) is 9.59 Å². The minimum absolute atomic E-state index is 0.123. The molecule has 1 saturated heterocycles. The van der Waals surface area contributed by atoms with Crippen molar-refractivity contribution in [2.45, 2.75) is 103 Å². The molecule has 1 atom stereocenters. The minimum atomic E-state index is -0.610. The van der Waals surface area contributed by atoms with Gasteiger partial charge < -0.3 is 10.0 Å². The normalized spacial score (nSPS) is 16.9. The third-order valence-corrected chi connectivity index (χ3v) is 8.00. The molecule has 3 rings (SSSR count). The molecule has 1 aliphatic rings. The van der Waals surface area contributed by atoms with Crippen LogP contribution in [0.25, 0.3) is 5.76 Å². The lowest BCUT2D eigenvalue weighted by molar-refractivity contribution is -0.139. The van der Waals surface area contributed by atoms with Crippen molar-refractivity contribution in [2.75, 3.05) is 6.54 Å². The molecule has 0 aromatic heterocycles. The zero-order valence-corrected chi connectivity index (χ0v) is 24.6. The van der Waals surface area contributed by atoms with Crippen LogP contribution in [0.4, 0.5) is 0 Å². The first-order chi connectivity index (χ1) is 18.5. The number of carbonyl (C=O) groups excluding carboxylic acids is 2. The topological polar surface area (TPSA) is 57.6 Å². The number of Topliss-reactive ketones (excluding diaryl/α,β-unsaturated/α-hetero) is 1. The number of halogens is 1. The van der Waals surface area contributed by atoms with Crippen LogP contribution in [0.5, 0.6) is 0 Å². The SMILES string of the molecule is CCCCCCCCCCCCCCCCN1C(=O)C(=O)C(=C(O)c2cccc(Br)c2)[C@@H]1c1ccccc1. The summed E-state index contributed by atoms with van der Waals surface area (Å²) in [7, 11) is 0. The lowest BCUT2D eigenvalue weighted by atomic mass is 9.95. The van der Waals surface area contributed by atoms with Gasteiger partial charge in [-0.2, -0.15) is 0 Å². The van der Waals surface area contributed by atoms with Crippen LogP contribution in [0.1, 0.15) is 114 Å². The van der Waals surface area contributed by atoms with E-state index in [-0.39, 0.29) is 11.3 Å². The summed E-state index contributed by atoms with van der Waals surface area (Å²) in [5.41, 5.74) is 1.54. The molecule has 0 aliphatic carbocycles. The number of amides is 1. The summed E-state index contributed by atoms with van der Waals surface area (Å²) in [4.78, 5) is 27.9. The highest BCUT2D eigenvalue weighted by molar-refractivity contribution is 9.10. The first kappa shape index (κ1) is 30.1. The molecule has 0 radical (unpaired) electrons. The first-order valence-corrected chi connectivity index (χ1v) is 15.4. The molecule has 2 aromatic rings. The zero-order chi connectivity index (χ0) is 27.2. The Morgan fingerprint density at radius 3 is 1.87 bits per heavy atom. The van der Waals surface area contributed by atoms with Gasteiger partial charge in [0, 0.05) is 16.6 Å². The maximum Gasteiger partial charge on any atom is 0.295 e. The summed E-state index contributed by atoms with van der Waals surface area (Å²) in [6.45, 7) is 2.77. The van der Waals surface area contributed by atoms with Crippen LogP contribution in [0, 0.1) is 0 Å². The van der Waals surface area contributed by atoms with Gasteiger partial charge in [0.25, 0.3) is 11.7 Å². The predicted molar refractivity (Wildman–Crippen MR) is 160 cm³/mol. The summed E-state index contributed by atoms with van der Waals surface area (Å²) < 4.78 is 0.800. The number of ketones is 1. The number of hydrogen-bond acceptors (Lipinski definition) is 3. The van der Waals surface area contributed by atoms with Crippen LogP contribution in [-0.2, 0) is 9.59 Å². The van der Waals surface area contributed by atoms with Crippen molar-refractivity contribution in [1.82, 2.24) is 4.90 Å². The summed E-state index contributed by atoms with van der Waals surface area (Å²) in [6.07, 6.45) is 17.8.